The van der Waals surface area contributed by atoms with E-state index in [1.807, 2.05) is 6.07 Å². The van der Waals surface area contributed by atoms with Gasteiger partial charge in [-0.25, -0.2) is 9.37 Å². The van der Waals surface area contributed by atoms with E-state index in [-0.39, 0.29) is 5.65 Å². The minimum absolute atomic E-state index is 0.211. The number of pyridine rings is 1. The number of hydrogen-bond donors (Lipinski definition) is 2. The number of rotatable bonds is 4. The summed E-state index contributed by atoms with van der Waals surface area (Å²) in [5.41, 5.74) is 2.96. The number of hydrogen-bond acceptors (Lipinski definition) is 7. The van der Waals surface area contributed by atoms with Crippen LogP contribution in [-0.4, -0.2) is 57.8 Å². The maximum absolute atomic E-state index is 14.5. The first kappa shape index (κ1) is 22.0. The Morgan fingerprint density at radius 3 is 2.68 bits per heavy atom. The van der Waals surface area contributed by atoms with Crippen LogP contribution in [0.2, 0.25) is 0 Å². The number of fused-ring (bicyclic) bond motifs is 2. The largest absolute Gasteiger partial charge is 0.480 e. The minimum atomic E-state index is -0.516. The third-order valence-electron chi connectivity index (χ3n) is 5.95. The Kier molecular flexibility index (Phi) is 5.52. The third kappa shape index (κ3) is 4.01. The molecule has 4 aromatic rings. The van der Waals surface area contributed by atoms with Crippen LogP contribution in [0.15, 0.2) is 36.7 Å². The number of nitrogens with one attached hydrogen (secondary N) is 2. The Balaban J connectivity index is 1.54. The highest BCUT2D eigenvalue weighted by Gasteiger charge is 2.25. The van der Waals surface area contributed by atoms with Gasteiger partial charge in [0.15, 0.2) is 11.5 Å². The maximum Gasteiger partial charge on any atom is 0.257 e. The fourth-order valence-corrected chi connectivity index (χ4v) is 4.63. The van der Waals surface area contributed by atoms with E-state index in [0.717, 1.165) is 24.2 Å². The number of halogens is 1. The summed E-state index contributed by atoms with van der Waals surface area (Å²) >= 11 is 0. The number of piperazine rings is 1. The van der Waals surface area contributed by atoms with E-state index in [2.05, 4.69) is 44.6 Å². The first-order chi connectivity index (χ1) is 16.3. The van der Waals surface area contributed by atoms with Crippen molar-refractivity contribution in [3.05, 3.63) is 53.7 Å². The van der Waals surface area contributed by atoms with Crippen molar-refractivity contribution in [1.29, 1.82) is 0 Å². The van der Waals surface area contributed by atoms with Crippen molar-refractivity contribution in [2.45, 2.75) is 32.9 Å². The smallest absolute Gasteiger partial charge is 0.257 e. The van der Waals surface area contributed by atoms with E-state index in [0.29, 0.717) is 40.4 Å². The molecule has 3 aromatic heterocycles. The molecule has 0 radical (unpaired) electrons. The lowest BCUT2D eigenvalue weighted by Crippen LogP contribution is -2.54. The number of imidazole rings is 1. The highest BCUT2D eigenvalue weighted by molar-refractivity contribution is 6.14. The lowest BCUT2D eigenvalue weighted by atomic mass is 10.0. The quantitative estimate of drug-likeness (QED) is 0.480. The normalized spacial score (nSPS) is 18.4. The number of ether oxygens (including phenoxy) is 1. The van der Waals surface area contributed by atoms with Crippen molar-refractivity contribution in [2.24, 2.45) is 0 Å². The molecule has 0 unspecified atom stereocenters. The Labute approximate surface area is 195 Å². The Morgan fingerprint density at radius 1 is 1.18 bits per heavy atom. The monoisotopic (exact) mass is 463 g/mol. The molecule has 1 saturated heterocycles. The minimum Gasteiger partial charge on any atom is -0.480 e. The summed E-state index contributed by atoms with van der Waals surface area (Å²) in [7, 11) is 1.53. The zero-order valence-corrected chi connectivity index (χ0v) is 19.5. The van der Waals surface area contributed by atoms with E-state index < -0.39 is 11.7 Å². The van der Waals surface area contributed by atoms with Crippen LogP contribution < -0.4 is 20.3 Å². The molecule has 10 heteroatoms. The van der Waals surface area contributed by atoms with Crippen molar-refractivity contribution in [3.8, 4) is 5.88 Å². The first-order valence-corrected chi connectivity index (χ1v) is 11.1. The van der Waals surface area contributed by atoms with Crippen LogP contribution in [0.4, 0.5) is 15.8 Å². The standard InChI is InChI=1S/C24H26FN7O2/c1-13-9-31(10-14(2)26-13)20-6-5-17(22-18(20)8-21(34-4)29-30-22)24(33)28-16-7-19(25)23-27-15(3)11-32(23)12-16/h5-8,11-14,26H,9-10H2,1-4H3,(H,28,33)/t13-,14-/m0/s1. The number of aryl methyl sites for hydroxylation is 1. The van der Waals surface area contributed by atoms with Gasteiger partial charge in [-0.05, 0) is 32.9 Å². The fourth-order valence-electron chi connectivity index (χ4n) is 4.63. The van der Waals surface area contributed by atoms with E-state index in [1.165, 1.54) is 13.2 Å². The van der Waals surface area contributed by atoms with Crippen molar-refractivity contribution >= 4 is 33.8 Å². The molecule has 2 atom stereocenters. The lowest BCUT2D eigenvalue weighted by molar-refractivity contribution is 0.102. The number of carbonyl (C=O) groups excluding carboxylic acids is 1. The van der Waals surface area contributed by atoms with Crippen LogP contribution in [0, 0.1) is 12.7 Å². The SMILES string of the molecule is COc1cc2c(N3C[C@H](C)N[C@@H](C)C3)ccc(C(=O)Nc3cc(F)c4nc(C)cn4c3)c2nn1. The number of aromatic nitrogens is 4. The first-order valence-electron chi connectivity index (χ1n) is 11.1. The molecule has 4 heterocycles. The summed E-state index contributed by atoms with van der Waals surface area (Å²) in [5, 5.41) is 15.5. The molecular weight excluding hydrogens is 437 g/mol. The molecule has 2 N–H and O–H groups in total. The molecule has 0 saturated carbocycles. The molecule has 1 aromatic carbocycles. The number of methoxy groups -OCH3 is 1. The van der Waals surface area contributed by atoms with Gasteiger partial charge in [0.25, 0.3) is 5.91 Å². The van der Waals surface area contributed by atoms with E-state index >= 15 is 0 Å². The number of carbonyl (C=O) groups is 1. The van der Waals surface area contributed by atoms with E-state index in [9.17, 15) is 9.18 Å². The van der Waals surface area contributed by atoms with Gasteiger partial charge in [-0.15, -0.1) is 10.2 Å². The second-order valence-corrected chi connectivity index (χ2v) is 8.80. The molecule has 1 aliphatic heterocycles. The third-order valence-corrected chi connectivity index (χ3v) is 5.95. The van der Waals surface area contributed by atoms with Gasteiger partial charge >= 0.3 is 0 Å². The lowest BCUT2D eigenvalue weighted by Gasteiger charge is -2.38. The zero-order valence-electron chi connectivity index (χ0n) is 19.5. The van der Waals surface area contributed by atoms with Crippen LogP contribution in [0.3, 0.4) is 0 Å². The molecule has 1 aliphatic rings. The molecule has 0 aliphatic carbocycles. The number of benzene rings is 1. The van der Waals surface area contributed by atoms with Gasteiger partial charge in [0.2, 0.25) is 5.88 Å². The molecule has 5 rings (SSSR count). The molecule has 0 spiro atoms. The molecular formula is C24H26FN7O2. The second-order valence-electron chi connectivity index (χ2n) is 8.80. The zero-order chi connectivity index (χ0) is 24.0. The summed E-state index contributed by atoms with van der Waals surface area (Å²) in [4.78, 5) is 19.7. The number of nitrogens with zero attached hydrogens (tertiary/aromatic N) is 5. The summed E-state index contributed by atoms with van der Waals surface area (Å²) in [6, 6.07) is 7.35. The summed E-state index contributed by atoms with van der Waals surface area (Å²) in [6.45, 7) is 7.71. The van der Waals surface area contributed by atoms with Crippen molar-refractivity contribution in [2.75, 3.05) is 30.4 Å². The van der Waals surface area contributed by atoms with Crippen molar-refractivity contribution < 1.29 is 13.9 Å². The number of amides is 1. The molecule has 0 bridgehead atoms. The Bertz CT molecular complexity index is 1390. The van der Waals surface area contributed by atoms with Crippen LogP contribution in [0.25, 0.3) is 16.6 Å². The van der Waals surface area contributed by atoms with Gasteiger partial charge in [-0.1, -0.05) is 0 Å². The molecule has 34 heavy (non-hydrogen) atoms. The second kappa shape index (κ2) is 8.53. The predicted octanol–water partition coefficient (Wildman–Crippen LogP) is 3.17. The Morgan fingerprint density at radius 2 is 1.94 bits per heavy atom. The Hall–Kier alpha value is -3.79. The van der Waals surface area contributed by atoms with Crippen LogP contribution in [0.1, 0.15) is 29.9 Å². The van der Waals surface area contributed by atoms with Gasteiger partial charge in [-0.3, -0.25) is 4.79 Å². The average Bonchev–Trinajstić information content (AvgIpc) is 3.18. The van der Waals surface area contributed by atoms with Crippen molar-refractivity contribution in [1.82, 2.24) is 24.9 Å². The van der Waals surface area contributed by atoms with Gasteiger partial charge < -0.3 is 24.7 Å². The fraction of sp³-hybridized carbons (Fsp3) is 0.333. The van der Waals surface area contributed by atoms with Gasteiger partial charge in [0, 0.05) is 60.8 Å². The highest BCUT2D eigenvalue weighted by Crippen LogP contribution is 2.32. The highest BCUT2D eigenvalue weighted by atomic mass is 19.1. The molecule has 176 valence electrons. The molecule has 1 amide bonds. The average molecular weight is 464 g/mol. The molecule has 1 fully saturated rings. The summed E-state index contributed by atoms with van der Waals surface area (Å²) in [5.74, 6) is -0.559. The van der Waals surface area contributed by atoms with Gasteiger partial charge in [-0.2, -0.15) is 0 Å². The van der Waals surface area contributed by atoms with Crippen LogP contribution in [0.5, 0.6) is 5.88 Å². The summed E-state index contributed by atoms with van der Waals surface area (Å²) in [6.07, 6.45) is 3.33. The van der Waals surface area contributed by atoms with E-state index in [1.54, 1.807) is 35.9 Å². The van der Waals surface area contributed by atoms with E-state index in [4.69, 9.17) is 4.74 Å². The van der Waals surface area contributed by atoms with Crippen LogP contribution in [-0.2, 0) is 0 Å². The maximum atomic E-state index is 14.5. The van der Waals surface area contributed by atoms with Gasteiger partial charge in [0.1, 0.15) is 5.52 Å². The van der Waals surface area contributed by atoms with Gasteiger partial charge in [0.05, 0.1) is 24.1 Å². The number of anilines is 2. The van der Waals surface area contributed by atoms with Crippen LogP contribution >= 0.6 is 0 Å². The topological polar surface area (TPSA) is 96.7 Å². The van der Waals surface area contributed by atoms with Crippen molar-refractivity contribution in [3.63, 3.8) is 0 Å². The predicted molar refractivity (Wildman–Crippen MR) is 128 cm³/mol. The summed E-state index contributed by atoms with van der Waals surface area (Å²) < 4.78 is 21.3. The molecule has 9 nitrogen and oxygen atoms in total.